The minimum absolute atomic E-state index is 0.104. The van der Waals surface area contributed by atoms with Gasteiger partial charge in [-0.1, -0.05) is 30.0 Å². The first kappa shape index (κ1) is 14.3. The lowest BCUT2D eigenvalue weighted by molar-refractivity contribution is -0.117. The van der Waals surface area contributed by atoms with E-state index in [0.29, 0.717) is 0 Å². The van der Waals surface area contributed by atoms with E-state index >= 15 is 0 Å². The monoisotopic (exact) mass is 289 g/mol. The first-order valence-electron chi connectivity index (χ1n) is 6.06. The van der Waals surface area contributed by atoms with Gasteiger partial charge in [-0.2, -0.15) is 0 Å². The lowest BCUT2D eigenvalue weighted by Crippen LogP contribution is -2.36. The van der Waals surface area contributed by atoms with E-state index < -0.39 is 11.9 Å². The summed E-state index contributed by atoms with van der Waals surface area (Å²) in [4.78, 5) is 26.5. The van der Waals surface area contributed by atoms with Gasteiger partial charge in [0.05, 0.1) is 16.3 Å². The fourth-order valence-electron chi connectivity index (χ4n) is 1.92. The molecular weight excluding hydrogens is 274 g/mol. The van der Waals surface area contributed by atoms with Gasteiger partial charge >= 0.3 is 6.03 Å². The summed E-state index contributed by atoms with van der Waals surface area (Å²) in [5.74, 6) is -0.320. The number of aromatic nitrogens is 1. The van der Waals surface area contributed by atoms with Gasteiger partial charge in [0.1, 0.15) is 0 Å². The molecule has 1 aromatic carbocycles. The number of carbonyl (C=O) groups is 2. The van der Waals surface area contributed by atoms with Crippen molar-refractivity contribution in [3.8, 4) is 0 Å². The standard InChI is InChI=1S/C14H15N3O2S/c1-8-4-3-5-10-9(2)6-12(17-13(8)10)20-7-11(18)16-14(15)19/h3-6H,7H2,1-2H3,(H3,15,16,18,19). The summed E-state index contributed by atoms with van der Waals surface area (Å²) in [7, 11) is 0. The number of nitrogens with zero attached hydrogens (tertiary/aromatic N) is 1. The molecule has 2 aromatic rings. The highest BCUT2D eigenvalue weighted by atomic mass is 32.2. The van der Waals surface area contributed by atoms with Crippen LogP contribution >= 0.6 is 11.8 Å². The number of nitrogens with two attached hydrogens (primary N) is 1. The van der Waals surface area contributed by atoms with E-state index in [-0.39, 0.29) is 5.75 Å². The molecule has 104 valence electrons. The van der Waals surface area contributed by atoms with Gasteiger partial charge in [0.15, 0.2) is 0 Å². The average Bonchev–Trinajstić information content (AvgIpc) is 2.37. The Balaban J connectivity index is 2.21. The number of fused-ring (bicyclic) bond motifs is 1. The molecule has 2 rings (SSSR count). The maximum Gasteiger partial charge on any atom is 0.318 e. The number of imide groups is 1. The smallest absolute Gasteiger partial charge is 0.318 e. The van der Waals surface area contributed by atoms with Gasteiger partial charge in [0, 0.05) is 5.39 Å². The third-order valence-corrected chi connectivity index (χ3v) is 3.75. The Labute approximate surface area is 120 Å². The molecule has 20 heavy (non-hydrogen) atoms. The highest BCUT2D eigenvalue weighted by molar-refractivity contribution is 7.99. The average molecular weight is 289 g/mol. The van der Waals surface area contributed by atoms with Crippen molar-refractivity contribution in [1.29, 1.82) is 0 Å². The van der Waals surface area contributed by atoms with E-state index in [2.05, 4.69) is 4.98 Å². The van der Waals surface area contributed by atoms with Crippen LogP contribution in [0.1, 0.15) is 11.1 Å². The number of primary amides is 1. The summed E-state index contributed by atoms with van der Waals surface area (Å²) in [6.07, 6.45) is 0. The molecular formula is C14H15N3O2S. The molecule has 0 spiro atoms. The molecule has 6 heteroatoms. The van der Waals surface area contributed by atoms with Gasteiger partial charge in [0.2, 0.25) is 5.91 Å². The number of benzene rings is 1. The third-order valence-electron chi connectivity index (χ3n) is 2.84. The minimum Gasteiger partial charge on any atom is -0.351 e. The van der Waals surface area contributed by atoms with E-state index in [1.165, 1.54) is 11.8 Å². The Morgan fingerprint density at radius 2 is 2.05 bits per heavy atom. The van der Waals surface area contributed by atoms with Gasteiger partial charge in [-0.15, -0.1) is 0 Å². The number of thioether (sulfide) groups is 1. The van der Waals surface area contributed by atoms with Crippen LogP contribution < -0.4 is 11.1 Å². The summed E-state index contributed by atoms with van der Waals surface area (Å²) in [6, 6.07) is 7.12. The quantitative estimate of drug-likeness (QED) is 0.848. The first-order chi connectivity index (χ1) is 9.47. The van der Waals surface area contributed by atoms with Gasteiger partial charge in [0.25, 0.3) is 0 Å². The Kier molecular flexibility index (Phi) is 4.24. The fraction of sp³-hybridized carbons (Fsp3) is 0.214. The molecule has 3 N–H and O–H groups in total. The normalized spacial score (nSPS) is 10.5. The Bertz CT molecular complexity index is 685. The third kappa shape index (κ3) is 3.27. The summed E-state index contributed by atoms with van der Waals surface area (Å²) in [6.45, 7) is 4.01. The maximum absolute atomic E-state index is 11.4. The molecule has 5 nitrogen and oxygen atoms in total. The van der Waals surface area contributed by atoms with Gasteiger partial charge < -0.3 is 5.73 Å². The molecule has 0 aliphatic rings. The minimum atomic E-state index is -0.839. The van der Waals surface area contributed by atoms with Crippen LogP contribution in [0.25, 0.3) is 10.9 Å². The van der Waals surface area contributed by atoms with Crippen LogP contribution in [0.3, 0.4) is 0 Å². The highest BCUT2D eigenvalue weighted by Gasteiger charge is 2.09. The SMILES string of the molecule is Cc1cc(SCC(=O)NC(N)=O)nc2c(C)cccc12. The molecule has 0 bridgehead atoms. The van der Waals surface area contributed by atoms with Crippen molar-refractivity contribution in [3.63, 3.8) is 0 Å². The number of rotatable bonds is 3. The molecule has 0 radical (unpaired) electrons. The second-order valence-corrected chi connectivity index (χ2v) is 5.45. The molecule has 0 saturated heterocycles. The molecule has 1 aromatic heterocycles. The van der Waals surface area contributed by atoms with Crippen LogP contribution in [0.15, 0.2) is 29.3 Å². The van der Waals surface area contributed by atoms with Gasteiger partial charge in [-0.05, 0) is 31.0 Å². The molecule has 0 aliphatic carbocycles. The number of hydrogen-bond acceptors (Lipinski definition) is 4. The van der Waals surface area contributed by atoms with Crippen LogP contribution in [-0.2, 0) is 4.79 Å². The molecule has 0 atom stereocenters. The number of pyridine rings is 1. The van der Waals surface area contributed by atoms with Crippen molar-refractivity contribution in [2.24, 2.45) is 5.73 Å². The predicted molar refractivity (Wildman–Crippen MR) is 79.7 cm³/mol. The number of aryl methyl sites for hydroxylation is 2. The Morgan fingerprint density at radius 3 is 2.75 bits per heavy atom. The lowest BCUT2D eigenvalue weighted by atomic mass is 10.1. The number of urea groups is 1. The lowest BCUT2D eigenvalue weighted by Gasteiger charge is -2.08. The number of amides is 3. The number of carbonyl (C=O) groups excluding carboxylic acids is 2. The van der Waals surface area contributed by atoms with Crippen molar-refractivity contribution >= 4 is 34.6 Å². The predicted octanol–water partition coefficient (Wildman–Crippen LogP) is 2.14. The fourth-order valence-corrected chi connectivity index (χ4v) is 2.69. The van der Waals surface area contributed by atoms with Crippen molar-refractivity contribution in [2.45, 2.75) is 18.9 Å². The zero-order valence-electron chi connectivity index (χ0n) is 11.3. The molecule has 3 amide bonds. The summed E-state index contributed by atoms with van der Waals surface area (Å²) in [5.41, 5.74) is 8.02. The first-order valence-corrected chi connectivity index (χ1v) is 7.05. The Morgan fingerprint density at radius 1 is 1.30 bits per heavy atom. The highest BCUT2D eigenvalue weighted by Crippen LogP contribution is 2.25. The molecule has 0 saturated carbocycles. The summed E-state index contributed by atoms with van der Waals surface area (Å²) >= 11 is 1.28. The van der Waals surface area contributed by atoms with E-state index in [0.717, 1.165) is 27.1 Å². The second kappa shape index (κ2) is 5.92. The zero-order valence-corrected chi connectivity index (χ0v) is 12.1. The van der Waals surface area contributed by atoms with E-state index in [4.69, 9.17) is 5.73 Å². The molecule has 0 aliphatic heterocycles. The van der Waals surface area contributed by atoms with Gasteiger partial charge in [-0.3, -0.25) is 10.1 Å². The topological polar surface area (TPSA) is 85.1 Å². The second-order valence-electron chi connectivity index (χ2n) is 4.45. The maximum atomic E-state index is 11.4. The molecule has 0 fully saturated rings. The Hall–Kier alpha value is -2.08. The van der Waals surface area contributed by atoms with Crippen LogP contribution in [0.2, 0.25) is 0 Å². The van der Waals surface area contributed by atoms with Crippen molar-refractivity contribution in [1.82, 2.24) is 10.3 Å². The molecule has 1 heterocycles. The van der Waals surface area contributed by atoms with Crippen LogP contribution in [0.4, 0.5) is 4.79 Å². The number of hydrogen-bond donors (Lipinski definition) is 2. The number of para-hydroxylation sites is 1. The van der Waals surface area contributed by atoms with E-state index in [1.54, 1.807) is 0 Å². The zero-order chi connectivity index (χ0) is 14.7. The molecule has 0 unspecified atom stereocenters. The largest absolute Gasteiger partial charge is 0.351 e. The van der Waals surface area contributed by atoms with Crippen molar-refractivity contribution < 1.29 is 9.59 Å². The van der Waals surface area contributed by atoms with Crippen LogP contribution in [0, 0.1) is 13.8 Å². The number of nitrogens with one attached hydrogen (secondary N) is 1. The van der Waals surface area contributed by atoms with Crippen LogP contribution in [0.5, 0.6) is 0 Å². The van der Waals surface area contributed by atoms with Crippen LogP contribution in [-0.4, -0.2) is 22.7 Å². The van der Waals surface area contributed by atoms with E-state index in [9.17, 15) is 9.59 Å². The van der Waals surface area contributed by atoms with Crippen molar-refractivity contribution in [2.75, 3.05) is 5.75 Å². The van der Waals surface area contributed by atoms with E-state index in [1.807, 2.05) is 43.4 Å². The van der Waals surface area contributed by atoms with Gasteiger partial charge in [-0.25, -0.2) is 9.78 Å². The summed E-state index contributed by atoms with van der Waals surface area (Å²) < 4.78 is 0. The van der Waals surface area contributed by atoms with Crippen molar-refractivity contribution in [3.05, 3.63) is 35.4 Å². The summed E-state index contributed by atoms with van der Waals surface area (Å²) in [5, 5.41) is 3.89.